The van der Waals surface area contributed by atoms with E-state index < -0.39 is 22.1 Å². The highest BCUT2D eigenvalue weighted by molar-refractivity contribution is 5.93. The van der Waals surface area contributed by atoms with E-state index in [4.69, 9.17) is 14.6 Å². The summed E-state index contributed by atoms with van der Waals surface area (Å²) in [5.74, 6) is -0.704. The molecular weight excluding hydrogens is 278 g/mol. The van der Waals surface area contributed by atoms with E-state index in [1.54, 1.807) is 0 Å². The molecule has 1 N–H and O–H groups in total. The monoisotopic (exact) mass is 297 g/mol. The maximum Gasteiger partial charge on any atom is 0.342 e. The van der Waals surface area contributed by atoms with Crippen molar-refractivity contribution in [2.75, 3.05) is 13.7 Å². The molecule has 7 nitrogen and oxygen atoms in total. The van der Waals surface area contributed by atoms with E-state index in [1.807, 2.05) is 13.8 Å². The number of nitro groups is 1. The lowest BCUT2D eigenvalue weighted by Crippen LogP contribution is -2.11. The van der Waals surface area contributed by atoms with Gasteiger partial charge in [0.15, 0.2) is 11.5 Å². The fourth-order valence-corrected chi connectivity index (χ4v) is 1.88. The molecule has 0 aromatic heterocycles. The van der Waals surface area contributed by atoms with Crippen molar-refractivity contribution in [3.63, 3.8) is 0 Å². The zero-order chi connectivity index (χ0) is 16.0. The van der Waals surface area contributed by atoms with Crippen LogP contribution in [0.3, 0.4) is 0 Å². The van der Waals surface area contributed by atoms with Crippen LogP contribution in [-0.2, 0) is 0 Å². The molecule has 1 rings (SSSR count). The fourth-order valence-electron chi connectivity index (χ4n) is 1.88. The van der Waals surface area contributed by atoms with Crippen molar-refractivity contribution in [2.45, 2.75) is 26.7 Å². The van der Waals surface area contributed by atoms with Crippen LogP contribution in [-0.4, -0.2) is 29.7 Å². The number of ether oxygens (including phenoxy) is 2. The van der Waals surface area contributed by atoms with Crippen molar-refractivity contribution in [3.8, 4) is 11.5 Å². The van der Waals surface area contributed by atoms with E-state index in [9.17, 15) is 14.9 Å². The van der Waals surface area contributed by atoms with Crippen LogP contribution in [0.25, 0.3) is 0 Å². The molecule has 0 radical (unpaired) electrons. The molecule has 0 saturated carbocycles. The maximum absolute atomic E-state index is 11.1. The van der Waals surface area contributed by atoms with Crippen LogP contribution in [0.2, 0.25) is 0 Å². The van der Waals surface area contributed by atoms with E-state index in [0.717, 1.165) is 25.0 Å². The van der Waals surface area contributed by atoms with Gasteiger partial charge in [-0.2, -0.15) is 0 Å². The molecule has 116 valence electrons. The van der Waals surface area contributed by atoms with E-state index >= 15 is 0 Å². The van der Waals surface area contributed by atoms with Crippen molar-refractivity contribution in [2.24, 2.45) is 5.92 Å². The topological polar surface area (TPSA) is 98.9 Å². The third kappa shape index (κ3) is 4.08. The van der Waals surface area contributed by atoms with Gasteiger partial charge >= 0.3 is 5.97 Å². The van der Waals surface area contributed by atoms with Crippen molar-refractivity contribution in [1.82, 2.24) is 0 Å². The lowest BCUT2D eigenvalue weighted by Gasteiger charge is -2.16. The molecule has 0 heterocycles. The number of nitrogens with zero attached hydrogens (tertiary/aromatic N) is 1. The van der Waals surface area contributed by atoms with Gasteiger partial charge in [0, 0.05) is 6.07 Å². The molecule has 0 aliphatic heterocycles. The van der Waals surface area contributed by atoms with Gasteiger partial charge in [-0.1, -0.05) is 26.7 Å². The molecule has 1 aromatic carbocycles. The predicted molar refractivity (Wildman–Crippen MR) is 76.2 cm³/mol. The van der Waals surface area contributed by atoms with Crippen LogP contribution in [0.5, 0.6) is 11.5 Å². The van der Waals surface area contributed by atoms with Crippen molar-refractivity contribution in [3.05, 3.63) is 27.8 Å². The smallest absolute Gasteiger partial charge is 0.342 e. The second kappa shape index (κ2) is 7.47. The Bertz CT molecular complexity index is 524. The first-order chi connectivity index (χ1) is 9.94. The number of hydrogen-bond donors (Lipinski definition) is 1. The van der Waals surface area contributed by atoms with Crippen LogP contribution in [0.15, 0.2) is 12.1 Å². The number of carboxylic acid groups (broad SMARTS) is 1. The minimum atomic E-state index is -1.38. The Balaban J connectivity index is 3.16. The summed E-state index contributed by atoms with van der Waals surface area (Å²) in [6, 6.07) is 2.22. The molecule has 0 unspecified atom stereocenters. The summed E-state index contributed by atoms with van der Waals surface area (Å²) in [5.41, 5.74) is -0.936. The standard InChI is InChI=1S/C14H19NO6/c1-4-9(5-2)8-21-13-7-11(15(18)19)10(14(16)17)6-12(13)20-3/h6-7,9H,4-5,8H2,1-3H3,(H,16,17). The number of carbonyl (C=O) groups is 1. The van der Waals surface area contributed by atoms with Crippen molar-refractivity contribution in [1.29, 1.82) is 0 Å². The van der Waals surface area contributed by atoms with Gasteiger partial charge < -0.3 is 14.6 Å². The molecule has 0 spiro atoms. The normalized spacial score (nSPS) is 10.5. The largest absolute Gasteiger partial charge is 0.493 e. The molecule has 21 heavy (non-hydrogen) atoms. The zero-order valence-corrected chi connectivity index (χ0v) is 12.3. The van der Waals surface area contributed by atoms with Gasteiger partial charge in [-0.3, -0.25) is 10.1 Å². The number of benzene rings is 1. The molecule has 1 aromatic rings. The number of methoxy groups -OCH3 is 1. The molecule has 0 saturated heterocycles. The molecule has 7 heteroatoms. The van der Waals surface area contributed by atoms with E-state index in [0.29, 0.717) is 12.5 Å². The number of carboxylic acids is 1. The zero-order valence-electron chi connectivity index (χ0n) is 12.3. The highest BCUT2D eigenvalue weighted by Gasteiger charge is 2.24. The number of hydrogen-bond acceptors (Lipinski definition) is 5. The first kappa shape index (κ1) is 16.7. The van der Waals surface area contributed by atoms with Crippen LogP contribution in [0, 0.1) is 16.0 Å². The van der Waals surface area contributed by atoms with E-state index in [2.05, 4.69) is 0 Å². The lowest BCUT2D eigenvalue weighted by molar-refractivity contribution is -0.385. The first-order valence-corrected chi connectivity index (χ1v) is 6.67. The second-order valence-corrected chi connectivity index (χ2v) is 4.58. The quantitative estimate of drug-likeness (QED) is 0.584. The summed E-state index contributed by atoms with van der Waals surface area (Å²) < 4.78 is 10.6. The van der Waals surface area contributed by atoms with Crippen molar-refractivity contribution < 1.29 is 24.3 Å². The highest BCUT2D eigenvalue weighted by Crippen LogP contribution is 2.35. The number of nitro benzene ring substituents is 1. The predicted octanol–water partition coefficient (Wildman–Crippen LogP) is 3.12. The Morgan fingerprint density at radius 2 is 1.95 bits per heavy atom. The SMILES string of the molecule is CCC(CC)COc1cc([N+](=O)[O-])c(C(=O)O)cc1OC. The Labute approximate surface area is 122 Å². The Hall–Kier alpha value is -2.31. The minimum Gasteiger partial charge on any atom is -0.493 e. The summed E-state index contributed by atoms with van der Waals surface area (Å²) in [7, 11) is 1.36. The van der Waals surface area contributed by atoms with Gasteiger partial charge in [0.25, 0.3) is 5.69 Å². The van der Waals surface area contributed by atoms with Gasteiger partial charge in [-0.15, -0.1) is 0 Å². The van der Waals surface area contributed by atoms with Gasteiger partial charge in [0.05, 0.1) is 24.7 Å². The van der Waals surface area contributed by atoms with Gasteiger partial charge in [-0.25, -0.2) is 4.79 Å². The molecule has 0 bridgehead atoms. The van der Waals surface area contributed by atoms with Gasteiger partial charge in [0.2, 0.25) is 0 Å². The molecule has 0 aliphatic rings. The molecule has 0 atom stereocenters. The first-order valence-electron chi connectivity index (χ1n) is 6.67. The molecule has 0 fully saturated rings. The summed E-state index contributed by atoms with van der Waals surface area (Å²) in [4.78, 5) is 21.3. The summed E-state index contributed by atoms with van der Waals surface area (Å²) in [5, 5.41) is 20.0. The van der Waals surface area contributed by atoms with Crippen LogP contribution in [0.4, 0.5) is 5.69 Å². The fraction of sp³-hybridized carbons (Fsp3) is 0.500. The third-order valence-electron chi connectivity index (χ3n) is 3.34. The minimum absolute atomic E-state index is 0.170. The van der Waals surface area contributed by atoms with Crippen LogP contribution >= 0.6 is 0 Å². The second-order valence-electron chi connectivity index (χ2n) is 4.58. The average Bonchev–Trinajstić information content (AvgIpc) is 2.47. The third-order valence-corrected chi connectivity index (χ3v) is 3.34. The maximum atomic E-state index is 11.1. The molecule has 0 amide bonds. The summed E-state index contributed by atoms with van der Waals surface area (Å²) in [6.45, 7) is 4.46. The number of rotatable bonds is 8. The van der Waals surface area contributed by atoms with Gasteiger partial charge in [0.1, 0.15) is 5.56 Å². The van der Waals surface area contributed by atoms with Crippen molar-refractivity contribution >= 4 is 11.7 Å². The molecule has 0 aliphatic carbocycles. The Kier molecular flexibility index (Phi) is 5.95. The summed E-state index contributed by atoms with van der Waals surface area (Å²) >= 11 is 0. The average molecular weight is 297 g/mol. The van der Waals surface area contributed by atoms with Crippen LogP contribution < -0.4 is 9.47 Å². The summed E-state index contributed by atoms with van der Waals surface area (Å²) in [6.07, 6.45) is 1.85. The van der Waals surface area contributed by atoms with Crippen LogP contribution in [0.1, 0.15) is 37.0 Å². The Morgan fingerprint density at radius 1 is 1.33 bits per heavy atom. The lowest BCUT2D eigenvalue weighted by atomic mass is 10.1. The van der Waals surface area contributed by atoms with Gasteiger partial charge in [-0.05, 0) is 5.92 Å². The van der Waals surface area contributed by atoms with E-state index in [-0.39, 0.29) is 11.5 Å². The highest BCUT2D eigenvalue weighted by atomic mass is 16.6. The molecular formula is C14H19NO6. The number of aromatic carboxylic acids is 1. The van der Waals surface area contributed by atoms with E-state index in [1.165, 1.54) is 7.11 Å². The Morgan fingerprint density at radius 3 is 2.38 bits per heavy atom.